The van der Waals surface area contributed by atoms with Crippen molar-refractivity contribution >= 4 is 17.8 Å². The summed E-state index contributed by atoms with van der Waals surface area (Å²) in [4.78, 5) is 15.4. The molecule has 6 heteroatoms. The van der Waals surface area contributed by atoms with Gasteiger partial charge in [0.15, 0.2) is 0 Å². The maximum Gasteiger partial charge on any atom is 0.231 e. The summed E-state index contributed by atoms with van der Waals surface area (Å²) in [7, 11) is 3.88. The highest BCUT2D eigenvalue weighted by Crippen LogP contribution is 2.24. The average Bonchev–Trinajstić information content (AvgIpc) is 2.50. The minimum atomic E-state index is 0.0486. The first-order chi connectivity index (χ1) is 10.00. The third kappa shape index (κ3) is 4.72. The molecule has 0 fully saturated rings. The number of nitrogens with one attached hydrogen (secondary N) is 2. The standard InChI is InChI=1S/C15H30N6/c1-7-11-16-12-17-13(19-14(18-12)21(5)6)20-15(8-2,9-3)10-4/h7-11H2,1-6H3,(H2,16,17,18,19,20). The largest absolute Gasteiger partial charge is 0.354 e. The third-order valence-electron chi connectivity index (χ3n) is 3.96. The van der Waals surface area contributed by atoms with Crippen molar-refractivity contribution in [2.24, 2.45) is 0 Å². The Kier molecular flexibility index (Phi) is 6.65. The molecule has 0 aliphatic carbocycles. The predicted octanol–water partition coefficient (Wildman–Crippen LogP) is 3.14. The van der Waals surface area contributed by atoms with E-state index in [0.29, 0.717) is 17.8 Å². The molecule has 0 radical (unpaired) electrons. The molecule has 2 N–H and O–H groups in total. The number of anilines is 3. The lowest BCUT2D eigenvalue weighted by atomic mass is 9.90. The van der Waals surface area contributed by atoms with Crippen molar-refractivity contribution in [3.63, 3.8) is 0 Å². The first kappa shape index (κ1) is 17.5. The van der Waals surface area contributed by atoms with Gasteiger partial charge in [-0.2, -0.15) is 15.0 Å². The molecule has 0 bridgehead atoms. The summed E-state index contributed by atoms with van der Waals surface area (Å²) >= 11 is 0. The lowest BCUT2D eigenvalue weighted by Gasteiger charge is -2.32. The normalized spacial score (nSPS) is 11.3. The smallest absolute Gasteiger partial charge is 0.231 e. The van der Waals surface area contributed by atoms with Crippen LogP contribution in [0, 0.1) is 0 Å². The Hall–Kier alpha value is -1.59. The lowest BCUT2D eigenvalue weighted by molar-refractivity contribution is 0.417. The topological polar surface area (TPSA) is 66.0 Å². The van der Waals surface area contributed by atoms with Crippen LogP contribution in [0.25, 0.3) is 0 Å². The van der Waals surface area contributed by atoms with E-state index >= 15 is 0 Å². The van der Waals surface area contributed by atoms with Gasteiger partial charge >= 0.3 is 0 Å². The molecule has 0 aliphatic rings. The van der Waals surface area contributed by atoms with Crippen LogP contribution in [0.15, 0.2) is 0 Å². The number of hydrogen-bond acceptors (Lipinski definition) is 6. The fraction of sp³-hybridized carbons (Fsp3) is 0.800. The Morgan fingerprint density at radius 2 is 1.48 bits per heavy atom. The number of hydrogen-bond donors (Lipinski definition) is 2. The summed E-state index contributed by atoms with van der Waals surface area (Å²) in [5.41, 5.74) is 0.0486. The SMILES string of the molecule is CCCNc1nc(NC(CC)(CC)CC)nc(N(C)C)n1. The van der Waals surface area contributed by atoms with Crippen molar-refractivity contribution in [1.82, 2.24) is 15.0 Å². The summed E-state index contributed by atoms with van der Waals surface area (Å²) in [6.45, 7) is 9.58. The van der Waals surface area contributed by atoms with Crippen molar-refractivity contribution < 1.29 is 0 Å². The Bertz CT molecular complexity index is 420. The number of rotatable bonds is 9. The number of aromatic nitrogens is 3. The molecule has 6 nitrogen and oxygen atoms in total. The molecule has 0 atom stereocenters. The third-order valence-corrected chi connectivity index (χ3v) is 3.96. The molecule has 0 saturated heterocycles. The van der Waals surface area contributed by atoms with Crippen molar-refractivity contribution in [3.05, 3.63) is 0 Å². The van der Waals surface area contributed by atoms with Crippen LogP contribution in [-0.2, 0) is 0 Å². The van der Waals surface area contributed by atoms with E-state index in [4.69, 9.17) is 0 Å². The number of nitrogens with zero attached hydrogens (tertiary/aromatic N) is 4. The summed E-state index contributed by atoms with van der Waals surface area (Å²) in [5, 5.41) is 6.77. The van der Waals surface area contributed by atoms with E-state index < -0.39 is 0 Å². The van der Waals surface area contributed by atoms with Gasteiger partial charge in [0.1, 0.15) is 0 Å². The molecular weight excluding hydrogens is 264 g/mol. The quantitative estimate of drug-likeness (QED) is 0.729. The lowest BCUT2D eigenvalue weighted by Crippen LogP contribution is -2.37. The van der Waals surface area contributed by atoms with E-state index in [-0.39, 0.29) is 5.54 Å². The fourth-order valence-electron chi connectivity index (χ4n) is 2.19. The van der Waals surface area contributed by atoms with Crippen molar-refractivity contribution in [1.29, 1.82) is 0 Å². The first-order valence-corrected chi connectivity index (χ1v) is 7.95. The van der Waals surface area contributed by atoms with Gasteiger partial charge in [0.25, 0.3) is 0 Å². The van der Waals surface area contributed by atoms with Gasteiger partial charge in [-0.25, -0.2) is 0 Å². The molecule has 0 amide bonds. The van der Waals surface area contributed by atoms with E-state index in [0.717, 1.165) is 32.2 Å². The van der Waals surface area contributed by atoms with E-state index in [1.807, 2.05) is 19.0 Å². The highest BCUT2D eigenvalue weighted by Gasteiger charge is 2.25. The Labute approximate surface area is 128 Å². The molecule has 1 rings (SSSR count). The summed E-state index contributed by atoms with van der Waals surface area (Å²) in [5.74, 6) is 1.96. The zero-order chi connectivity index (χ0) is 15.9. The van der Waals surface area contributed by atoms with Gasteiger partial charge in [-0.05, 0) is 25.7 Å². The van der Waals surface area contributed by atoms with Gasteiger partial charge in [0.2, 0.25) is 17.8 Å². The zero-order valence-corrected chi connectivity index (χ0v) is 14.3. The predicted molar refractivity (Wildman–Crippen MR) is 90.2 cm³/mol. The van der Waals surface area contributed by atoms with Crippen LogP contribution < -0.4 is 15.5 Å². The summed E-state index contributed by atoms with van der Waals surface area (Å²) in [6.07, 6.45) is 4.16. The second-order valence-electron chi connectivity index (χ2n) is 5.57. The van der Waals surface area contributed by atoms with E-state index in [1.165, 1.54) is 0 Å². The molecule has 0 saturated carbocycles. The second-order valence-corrected chi connectivity index (χ2v) is 5.57. The molecule has 0 unspecified atom stereocenters. The Balaban J connectivity index is 3.06. The van der Waals surface area contributed by atoms with Crippen molar-refractivity contribution in [2.45, 2.75) is 58.9 Å². The Morgan fingerprint density at radius 3 is 1.95 bits per heavy atom. The summed E-state index contributed by atoms with van der Waals surface area (Å²) < 4.78 is 0. The molecule has 0 spiro atoms. The maximum absolute atomic E-state index is 4.52. The molecule has 21 heavy (non-hydrogen) atoms. The van der Waals surface area contributed by atoms with Crippen molar-refractivity contribution in [3.8, 4) is 0 Å². The van der Waals surface area contributed by atoms with Gasteiger partial charge in [-0.1, -0.05) is 27.7 Å². The van der Waals surface area contributed by atoms with Gasteiger partial charge in [-0.3, -0.25) is 0 Å². The van der Waals surface area contributed by atoms with Crippen LogP contribution in [0.2, 0.25) is 0 Å². The molecule has 1 aromatic rings. The van der Waals surface area contributed by atoms with Crippen LogP contribution in [0.3, 0.4) is 0 Å². The molecule has 1 aromatic heterocycles. The highest BCUT2D eigenvalue weighted by molar-refractivity contribution is 5.44. The van der Waals surface area contributed by atoms with E-state index in [9.17, 15) is 0 Å². The second kappa shape index (κ2) is 8.00. The van der Waals surface area contributed by atoms with Gasteiger partial charge in [0, 0.05) is 26.2 Å². The first-order valence-electron chi connectivity index (χ1n) is 7.95. The van der Waals surface area contributed by atoms with E-state index in [1.54, 1.807) is 0 Å². The van der Waals surface area contributed by atoms with Crippen LogP contribution in [0.5, 0.6) is 0 Å². The molecule has 1 heterocycles. The monoisotopic (exact) mass is 294 g/mol. The van der Waals surface area contributed by atoms with Crippen LogP contribution >= 0.6 is 0 Å². The van der Waals surface area contributed by atoms with E-state index in [2.05, 4.69) is 53.3 Å². The minimum absolute atomic E-state index is 0.0486. The van der Waals surface area contributed by atoms with Crippen LogP contribution in [0.1, 0.15) is 53.4 Å². The summed E-state index contributed by atoms with van der Waals surface area (Å²) in [6, 6.07) is 0. The Morgan fingerprint density at radius 1 is 0.905 bits per heavy atom. The van der Waals surface area contributed by atoms with Crippen LogP contribution in [0.4, 0.5) is 17.8 Å². The van der Waals surface area contributed by atoms with Gasteiger partial charge in [-0.15, -0.1) is 0 Å². The van der Waals surface area contributed by atoms with Crippen molar-refractivity contribution in [2.75, 3.05) is 36.2 Å². The van der Waals surface area contributed by atoms with Crippen LogP contribution in [-0.4, -0.2) is 41.1 Å². The van der Waals surface area contributed by atoms with Gasteiger partial charge in [0.05, 0.1) is 0 Å². The fourth-order valence-corrected chi connectivity index (χ4v) is 2.19. The molecule has 0 aromatic carbocycles. The highest BCUT2D eigenvalue weighted by atomic mass is 15.3. The molecular formula is C15H30N6. The average molecular weight is 294 g/mol. The van der Waals surface area contributed by atoms with Gasteiger partial charge < -0.3 is 15.5 Å². The molecule has 0 aliphatic heterocycles. The zero-order valence-electron chi connectivity index (χ0n) is 14.3. The maximum atomic E-state index is 4.52. The minimum Gasteiger partial charge on any atom is -0.354 e. The molecule has 120 valence electrons.